The standard InChI is InChI=1S/C17H17N3O4/c1-23-17(22)14-6-3-2-5-13(14)16(21)20-10-8-12(11-20)24-15-7-4-9-18-19-15/h2-7,9,12H,8,10-11H2,1H3. The number of benzene rings is 1. The van der Waals surface area contributed by atoms with Crippen LogP contribution >= 0.6 is 0 Å². The second kappa shape index (κ2) is 7.08. The van der Waals surface area contributed by atoms with E-state index < -0.39 is 5.97 Å². The first-order valence-electron chi connectivity index (χ1n) is 7.60. The van der Waals surface area contributed by atoms with E-state index in [4.69, 9.17) is 9.47 Å². The maximum Gasteiger partial charge on any atom is 0.338 e. The van der Waals surface area contributed by atoms with E-state index >= 15 is 0 Å². The maximum absolute atomic E-state index is 12.7. The molecule has 0 saturated carbocycles. The molecule has 1 aliphatic rings. The Morgan fingerprint density at radius 3 is 2.67 bits per heavy atom. The summed E-state index contributed by atoms with van der Waals surface area (Å²) in [6, 6.07) is 10.1. The summed E-state index contributed by atoms with van der Waals surface area (Å²) in [6.45, 7) is 0.990. The summed E-state index contributed by atoms with van der Waals surface area (Å²) in [6.07, 6.45) is 2.12. The van der Waals surface area contributed by atoms with Gasteiger partial charge in [0.1, 0.15) is 6.10 Å². The molecular weight excluding hydrogens is 310 g/mol. The van der Waals surface area contributed by atoms with E-state index in [-0.39, 0.29) is 17.6 Å². The lowest BCUT2D eigenvalue weighted by Gasteiger charge is -2.18. The summed E-state index contributed by atoms with van der Waals surface area (Å²) in [5.74, 6) is -0.293. The zero-order chi connectivity index (χ0) is 16.9. The average molecular weight is 327 g/mol. The predicted molar refractivity (Wildman–Crippen MR) is 84.8 cm³/mol. The number of esters is 1. The molecule has 1 unspecified atom stereocenters. The number of hydrogen-bond donors (Lipinski definition) is 0. The molecule has 1 aromatic heterocycles. The molecule has 0 bridgehead atoms. The minimum Gasteiger partial charge on any atom is -0.471 e. The van der Waals surface area contributed by atoms with Crippen molar-refractivity contribution in [2.45, 2.75) is 12.5 Å². The molecule has 7 heteroatoms. The fraction of sp³-hybridized carbons (Fsp3) is 0.294. The number of carbonyl (C=O) groups excluding carboxylic acids is 2. The van der Waals surface area contributed by atoms with Gasteiger partial charge in [-0.1, -0.05) is 12.1 Å². The molecule has 1 atom stereocenters. The van der Waals surface area contributed by atoms with E-state index in [1.54, 1.807) is 47.5 Å². The third-order valence-electron chi connectivity index (χ3n) is 3.83. The molecule has 7 nitrogen and oxygen atoms in total. The van der Waals surface area contributed by atoms with Gasteiger partial charge in [0.15, 0.2) is 0 Å². The fourth-order valence-corrected chi connectivity index (χ4v) is 2.66. The minimum absolute atomic E-state index is 0.143. The highest BCUT2D eigenvalue weighted by molar-refractivity contribution is 6.05. The number of methoxy groups -OCH3 is 1. The Morgan fingerprint density at radius 2 is 1.96 bits per heavy atom. The number of aromatic nitrogens is 2. The van der Waals surface area contributed by atoms with Crippen molar-refractivity contribution < 1.29 is 19.1 Å². The van der Waals surface area contributed by atoms with Gasteiger partial charge in [-0.05, 0) is 18.2 Å². The number of amides is 1. The third-order valence-corrected chi connectivity index (χ3v) is 3.83. The average Bonchev–Trinajstić information content (AvgIpc) is 3.09. The number of likely N-dealkylation sites (tertiary alicyclic amines) is 1. The van der Waals surface area contributed by atoms with Crippen LogP contribution in [0.25, 0.3) is 0 Å². The van der Waals surface area contributed by atoms with E-state index in [1.165, 1.54) is 7.11 Å². The molecule has 1 amide bonds. The summed E-state index contributed by atoms with van der Waals surface area (Å²) in [4.78, 5) is 26.2. The van der Waals surface area contributed by atoms with Crippen LogP contribution < -0.4 is 4.74 Å². The first-order valence-corrected chi connectivity index (χ1v) is 7.60. The van der Waals surface area contributed by atoms with Gasteiger partial charge < -0.3 is 14.4 Å². The van der Waals surface area contributed by atoms with Crippen molar-refractivity contribution in [3.05, 3.63) is 53.7 Å². The normalized spacial score (nSPS) is 16.7. The van der Waals surface area contributed by atoms with Gasteiger partial charge in [-0.3, -0.25) is 4.79 Å². The number of nitrogens with zero attached hydrogens (tertiary/aromatic N) is 3. The number of rotatable bonds is 4. The predicted octanol–water partition coefficient (Wildman–Crippen LogP) is 1.56. The SMILES string of the molecule is COC(=O)c1ccccc1C(=O)N1CCC(Oc2cccnn2)C1. The van der Waals surface area contributed by atoms with Gasteiger partial charge in [0.05, 0.1) is 24.8 Å². The maximum atomic E-state index is 12.7. The monoisotopic (exact) mass is 327 g/mol. The van der Waals surface area contributed by atoms with Crippen molar-refractivity contribution in [3.63, 3.8) is 0 Å². The van der Waals surface area contributed by atoms with Crippen LogP contribution in [0.15, 0.2) is 42.6 Å². The van der Waals surface area contributed by atoms with Crippen molar-refractivity contribution >= 4 is 11.9 Å². The Balaban J connectivity index is 1.70. The molecule has 124 valence electrons. The van der Waals surface area contributed by atoms with Gasteiger partial charge in [-0.15, -0.1) is 5.10 Å². The highest BCUT2D eigenvalue weighted by Gasteiger charge is 2.30. The van der Waals surface area contributed by atoms with Gasteiger partial charge in [-0.25, -0.2) is 4.79 Å². The quantitative estimate of drug-likeness (QED) is 0.793. The van der Waals surface area contributed by atoms with Crippen LogP contribution in [0, 0.1) is 0 Å². The van der Waals surface area contributed by atoms with Gasteiger partial charge in [-0.2, -0.15) is 5.10 Å². The Hall–Kier alpha value is -2.96. The van der Waals surface area contributed by atoms with Crippen molar-refractivity contribution in [1.82, 2.24) is 15.1 Å². The molecule has 0 aliphatic carbocycles. The highest BCUT2D eigenvalue weighted by Crippen LogP contribution is 2.20. The van der Waals surface area contributed by atoms with Gasteiger partial charge >= 0.3 is 5.97 Å². The Labute approximate surface area is 139 Å². The minimum atomic E-state index is -0.523. The number of carbonyl (C=O) groups is 2. The molecule has 0 radical (unpaired) electrons. The molecule has 24 heavy (non-hydrogen) atoms. The van der Waals surface area contributed by atoms with Crippen molar-refractivity contribution in [2.75, 3.05) is 20.2 Å². The van der Waals surface area contributed by atoms with Crippen LogP contribution in [0.5, 0.6) is 5.88 Å². The van der Waals surface area contributed by atoms with Crippen molar-refractivity contribution in [2.24, 2.45) is 0 Å². The molecule has 1 fully saturated rings. The second-order valence-electron chi connectivity index (χ2n) is 5.38. The number of hydrogen-bond acceptors (Lipinski definition) is 6. The Bertz CT molecular complexity index is 736. The molecule has 2 heterocycles. The van der Waals surface area contributed by atoms with Crippen LogP contribution in [0.1, 0.15) is 27.1 Å². The molecule has 1 aromatic carbocycles. The smallest absolute Gasteiger partial charge is 0.338 e. The van der Waals surface area contributed by atoms with Gasteiger partial charge in [0.2, 0.25) is 5.88 Å². The van der Waals surface area contributed by atoms with Crippen LogP contribution in [0.3, 0.4) is 0 Å². The molecule has 2 aromatic rings. The van der Waals surface area contributed by atoms with Crippen molar-refractivity contribution in [3.8, 4) is 5.88 Å². The summed E-state index contributed by atoms with van der Waals surface area (Å²) in [7, 11) is 1.30. The molecule has 3 rings (SSSR count). The lowest BCUT2D eigenvalue weighted by molar-refractivity contribution is 0.0591. The Kier molecular flexibility index (Phi) is 4.69. The summed E-state index contributed by atoms with van der Waals surface area (Å²) in [5, 5.41) is 7.64. The van der Waals surface area contributed by atoms with E-state index in [0.717, 1.165) is 0 Å². The second-order valence-corrected chi connectivity index (χ2v) is 5.38. The van der Waals surface area contributed by atoms with Gasteiger partial charge in [0, 0.05) is 25.2 Å². The zero-order valence-electron chi connectivity index (χ0n) is 13.2. The van der Waals surface area contributed by atoms with Crippen LogP contribution in [-0.2, 0) is 4.74 Å². The summed E-state index contributed by atoms with van der Waals surface area (Å²) >= 11 is 0. The molecule has 1 aliphatic heterocycles. The first-order chi connectivity index (χ1) is 11.7. The third kappa shape index (κ3) is 3.34. The largest absolute Gasteiger partial charge is 0.471 e. The van der Waals surface area contributed by atoms with E-state index in [2.05, 4.69) is 10.2 Å². The van der Waals surface area contributed by atoms with Crippen LogP contribution in [0.2, 0.25) is 0 Å². The molecule has 0 spiro atoms. The number of ether oxygens (including phenoxy) is 2. The topological polar surface area (TPSA) is 81.6 Å². The molecular formula is C17H17N3O4. The first kappa shape index (κ1) is 15.9. The van der Waals surface area contributed by atoms with E-state index in [9.17, 15) is 9.59 Å². The lowest BCUT2D eigenvalue weighted by Crippen LogP contribution is -2.32. The van der Waals surface area contributed by atoms with E-state index in [0.29, 0.717) is 31.0 Å². The highest BCUT2D eigenvalue weighted by atomic mass is 16.5. The zero-order valence-corrected chi connectivity index (χ0v) is 13.2. The van der Waals surface area contributed by atoms with Crippen LogP contribution in [0.4, 0.5) is 0 Å². The molecule has 0 N–H and O–H groups in total. The Morgan fingerprint density at radius 1 is 1.17 bits per heavy atom. The fourth-order valence-electron chi connectivity index (χ4n) is 2.66. The van der Waals surface area contributed by atoms with E-state index in [1.807, 2.05) is 0 Å². The summed E-state index contributed by atoms with van der Waals surface area (Å²) < 4.78 is 10.5. The summed E-state index contributed by atoms with van der Waals surface area (Å²) in [5.41, 5.74) is 0.604. The molecule has 1 saturated heterocycles. The lowest BCUT2D eigenvalue weighted by atomic mass is 10.1. The van der Waals surface area contributed by atoms with Crippen LogP contribution in [-0.4, -0.2) is 53.3 Å². The van der Waals surface area contributed by atoms with Crippen molar-refractivity contribution in [1.29, 1.82) is 0 Å². The van der Waals surface area contributed by atoms with Gasteiger partial charge in [0.25, 0.3) is 5.91 Å².